The zero-order valence-electron chi connectivity index (χ0n) is 13.5. The first-order chi connectivity index (χ1) is 10.7. The van der Waals surface area contributed by atoms with Crippen molar-refractivity contribution in [2.75, 3.05) is 39.4 Å². The second-order valence-electron chi connectivity index (χ2n) is 6.17. The summed E-state index contributed by atoms with van der Waals surface area (Å²) in [6, 6.07) is 4.40. The van der Waals surface area contributed by atoms with E-state index in [0.717, 1.165) is 51.8 Å². The number of nitrogens with one attached hydrogen (secondary N) is 1. The van der Waals surface area contributed by atoms with Crippen LogP contribution in [0, 0.1) is 8.30 Å². The molecule has 0 saturated carbocycles. The van der Waals surface area contributed by atoms with Crippen LogP contribution in [-0.2, 0) is 11.2 Å². The van der Waals surface area contributed by atoms with Gasteiger partial charge in [0.25, 0.3) is 0 Å². The Morgan fingerprint density at radius 3 is 3.00 bits per heavy atom. The van der Waals surface area contributed by atoms with E-state index in [4.69, 9.17) is 9.73 Å². The minimum Gasteiger partial charge on any atom is -0.381 e. The molecular weight excluding hydrogens is 536 g/mol. The molecule has 0 aromatic carbocycles. The number of aliphatic imine (C=N–C) groups is 1. The Morgan fingerprint density at radius 2 is 2.35 bits per heavy atom. The van der Waals surface area contributed by atoms with Crippen molar-refractivity contribution in [1.82, 2.24) is 10.2 Å². The van der Waals surface area contributed by atoms with Gasteiger partial charge in [-0.2, -0.15) is 0 Å². The van der Waals surface area contributed by atoms with Crippen LogP contribution < -0.4 is 5.32 Å². The van der Waals surface area contributed by atoms with E-state index in [2.05, 4.69) is 51.9 Å². The summed E-state index contributed by atoms with van der Waals surface area (Å²) < 4.78 is 6.98. The summed E-state index contributed by atoms with van der Waals surface area (Å²) in [6.07, 6.45) is 3.47. The van der Waals surface area contributed by atoms with Gasteiger partial charge in [-0.25, -0.2) is 0 Å². The molecule has 2 saturated heterocycles. The Labute approximate surface area is 173 Å². The number of halogens is 2. The van der Waals surface area contributed by atoms with Gasteiger partial charge in [0, 0.05) is 49.5 Å². The molecule has 2 fully saturated rings. The predicted octanol–water partition coefficient (Wildman–Crippen LogP) is 3.59. The maximum atomic E-state index is 5.63. The van der Waals surface area contributed by atoms with Crippen molar-refractivity contribution in [2.45, 2.75) is 26.2 Å². The fourth-order valence-electron chi connectivity index (χ4n) is 3.27. The van der Waals surface area contributed by atoms with E-state index >= 15 is 0 Å². The third kappa shape index (κ3) is 5.18. The van der Waals surface area contributed by atoms with Gasteiger partial charge < -0.3 is 15.0 Å². The lowest BCUT2D eigenvalue weighted by Gasteiger charge is -2.24. The van der Waals surface area contributed by atoms with Crippen LogP contribution in [0.25, 0.3) is 0 Å². The highest BCUT2D eigenvalue weighted by Crippen LogP contribution is 2.38. The number of thiophene rings is 1. The molecule has 1 atom stereocenters. The lowest BCUT2D eigenvalue weighted by atomic mass is 9.87. The minimum absolute atomic E-state index is 0. The van der Waals surface area contributed by atoms with Crippen LogP contribution in [0.3, 0.4) is 0 Å². The first kappa shape index (κ1) is 19.7. The number of guanidine groups is 1. The van der Waals surface area contributed by atoms with Gasteiger partial charge in [0.1, 0.15) is 0 Å². The molecule has 23 heavy (non-hydrogen) atoms. The molecule has 4 nitrogen and oxygen atoms in total. The van der Waals surface area contributed by atoms with E-state index in [-0.39, 0.29) is 24.0 Å². The average molecular weight is 561 g/mol. The van der Waals surface area contributed by atoms with Gasteiger partial charge in [0.15, 0.2) is 5.96 Å². The number of ether oxygens (including phenoxy) is 1. The Morgan fingerprint density at radius 1 is 1.48 bits per heavy atom. The van der Waals surface area contributed by atoms with Gasteiger partial charge in [-0.1, -0.05) is 0 Å². The highest BCUT2D eigenvalue weighted by atomic mass is 127. The van der Waals surface area contributed by atoms with Crippen molar-refractivity contribution >= 4 is 63.9 Å². The first-order valence-electron chi connectivity index (χ1n) is 8.06. The number of hydrogen-bond donors (Lipinski definition) is 1. The van der Waals surface area contributed by atoms with E-state index < -0.39 is 0 Å². The van der Waals surface area contributed by atoms with Crippen LogP contribution in [0.2, 0.25) is 0 Å². The van der Waals surface area contributed by atoms with Crippen molar-refractivity contribution in [3.63, 3.8) is 0 Å². The summed E-state index contributed by atoms with van der Waals surface area (Å²) in [5.74, 6) is 1.08. The van der Waals surface area contributed by atoms with Gasteiger partial charge >= 0.3 is 0 Å². The monoisotopic (exact) mass is 561 g/mol. The number of likely N-dealkylation sites (tertiary alicyclic amines) is 1. The molecule has 1 aromatic heterocycles. The van der Waals surface area contributed by atoms with E-state index in [9.17, 15) is 0 Å². The molecule has 3 heterocycles. The normalized spacial score (nSPS) is 24.3. The van der Waals surface area contributed by atoms with Crippen molar-refractivity contribution in [3.05, 3.63) is 19.9 Å². The number of hydrogen-bond acceptors (Lipinski definition) is 3. The molecule has 0 radical (unpaired) electrons. The van der Waals surface area contributed by atoms with Crippen LogP contribution in [0.4, 0.5) is 0 Å². The minimum atomic E-state index is 0. The van der Waals surface area contributed by atoms with E-state index in [1.807, 2.05) is 11.3 Å². The Hall–Kier alpha value is 0.390. The zero-order valence-corrected chi connectivity index (χ0v) is 18.8. The van der Waals surface area contributed by atoms with Crippen LogP contribution in [-0.4, -0.2) is 50.3 Å². The van der Waals surface area contributed by atoms with Crippen LogP contribution in [0.5, 0.6) is 0 Å². The van der Waals surface area contributed by atoms with Gasteiger partial charge in [-0.05, 0) is 54.5 Å². The Balaban J connectivity index is 0.00000192. The Bertz CT molecular complexity index is 529. The quantitative estimate of drug-likeness (QED) is 0.347. The molecule has 0 aliphatic carbocycles. The third-order valence-corrected chi connectivity index (χ3v) is 6.46. The van der Waals surface area contributed by atoms with Crippen molar-refractivity contribution in [2.24, 2.45) is 10.4 Å². The lowest BCUT2D eigenvalue weighted by molar-refractivity contribution is 0.156. The summed E-state index contributed by atoms with van der Waals surface area (Å²) in [5.41, 5.74) is 0.389. The molecule has 1 N–H and O–H groups in total. The second-order valence-corrected chi connectivity index (χ2v) is 9.23. The number of rotatable bonds is 4. The summed E-state index contributed by atoms with van der Waals surface area (Å²) in [7, 11) is 0. The molecule has 1 spiro atoms. The molecule has 1 unspecified atom stereocenters. The zero-order chi connectivity index (χ0) is 15.4. The van der Waals surface area contributed by atoms with Gasteiger partial charge in [0.05, 0.1) is 9.49 Å². The molecule has 0 bridgehead atoms. The van der Waals surface area contributed by atoms with Crippen LogP contribution in [0.15, 0.2) is 17.1 Å². The maximum absolute atomic E-state index is 5.63. The Kier molecular flexibility index (Phi) is 7.87. The molecule has 130 valence electrons. The molecule has 1 aromatic rings. The van der Waals surface area contributed by atoms with Crippen LogP contribution >= 0.6 is 57.9 Å². The van der Waals surface area contributed by atoms with Crippen LogP contribution in [0.1, 0.15) is 24.6 Å². The molecule has 0 amide bonds. The third-order valence-electron chi connectivity index (χ3n) is 4.51. The molecule has 2 aliphatic rings. The topological polar surface area (TPSA) is 36.9 Å². The van der Waals surface area contributed by atoms with E-state index in [0.29, 0.717) is 5.41 Å². The molecule has 3 rings (SSSR count). The maximum Gasteiger partial charge on any atom is 0.193 e. The fourth-order valence-corrected chi connectivity index (χ4v) is 5.02. The fraction of sp³-hybridized carbons (Fsp3) is 0.688. The largest absolute Gasteiger partial charge is 0.381 e. The summed E-state index contributed by atoms with van der Waals surface area (Å²) in [4.78, 5) is 8.70. The predicted molar refractivity (Wildman–Crippen MR) is 116 cm³/mol. The smallest absolute Gasteiger partial charge is 0.193 e. The molecular formula is C16H25I2N3OS. The molecule has 2 aliphatic heterocycles. The lowest BCUT2D eigenvalue weighted by Crippen LogP contribution is -2.41. The number of nitrogens with zero attached hydrogens (tertiary/aromatic N) is 2. The van der Waals surface area contributed by atoms with Crippen molar-refractivity contribution in [3.8, 4) is 0 Å². The second kappa shape index (κ2) is 9.19. The average Bonchev–Trinajstić information content (AvgIpc) is 3.22. The van der Waals surface area contributed by atoms with E-state index in [1.165, 1.54) is 20.6 Å². The van der Waals surface area contributed by atoms with E-state index in [1.54, 1.807) is 0 Å². The van der Waals surface area contributed by atoms with Crippen molar-refractivity contribution < 1.29 is 4.74 Å². The highest BCUT2D eigenvalue weighted by Gasteiger charge is 2.42. The summed E-state index contributed by atoms with van der Waals surface area (Å²) in [6.45, 7) is 7.98. The van der Waals surface area contributed by atoms with Crippen molar-refractivity contribution in [1.29, 1.82) is 0 Å². The van der Waals surface area contributed by atoms with Gasteiger partial charge in [-0.3, -0.25) is 4.99 Å². The standard InChI is InChI=1S/C16H24IN3OS.HI/c1-2-18-15(19-8-5-13-3-4-14(17)22-13)20-9-6-16(11-20)7-10-21-12-16;/h3-4H,2,5-12H2,1H3,(H,18,19);1H. The van der Waals surface area contributed by atoms with Gasteiger partial charge in [0.2, 0.25) is 0 Å². The molecule has 7 heteroatoms. The summed E-state index contributed by atoms with van der Waals surface area (Å²) in [5, 5.41) is 3.46. The SMILES string of the molecule is CCNC(=NCCc1ccc(I)s1)N1CCC2(CCOC2)C1.I. The first-order valence-corrected chi connectivity index (χ1v) is 9.95. The van der Waals surface area contributed by atoms with Gasteiger partial charge in [-0.15, -0.1) is 35.3 Å². The highest BCUT2D eigenvalue weighted by molar-refractivity contribution is 14.1. The summed E-state index contributed by atoms with van der Waals surface area (Å²) >= 11 is 4.25.